The van der Waals surface area contributed by atoms with Gasteiger partial charge in [-0.15, -0.1) is 10.2 Å². The highest BCUT2D eigenvalue weighted by Gasteiger charge is 2.31. The van der Waals surface area contributed by atoms with E-state index >= 15 is 0 Å². The molecule has 9 heteroatoms. The fourth-order valence-electron chi connectivity index (χ4n) is 3.49. The Labute approximate surface area is 161 Å². The van der Waals surface area contributed by atoms with E-state index in [0.29, 0.717) is 23.1 Å². The van der Waals surface area contributed by atoms with Gasteiger partial charge in [-0.25, -0.2) is 0 Å². The maximum atomic E-state index is 12.8. The van der Waals surface area contributed by atoms with Gasteiger partial charge in [-0.05, 0) is 56.6 Å². The molecule has 1 aromatic carbocycles. The number of phenolic OH excluding ortho intramolecular Hbond substituents is 1. The fraction of sp³-hybridized carbons (Fsp3) is 0.474. The number of aliphatic hydroxyl groups is 1. The first-order valence-corrected chi connectivity index (χ1v) is 9.01. The van der Waals surface area contributed by atoms with E-state index < -0.39 is 17.5 Å². The Balaban J connectivity index is 1.76. The number of phenols is 1. The molecule has 3 N–H and O–H groups in total. The second-order valence-corrected chi connectivity index (χ2v) is 7.19. The predicted molar refractivity (Wildman–Crippen MR) is 99.0 cm³/mol. The molecule has 1 aromatic heterocycles. The number of aliphatic hydroxyl groups excluding tert-OH is 1. The molecule has 6 nitrogen and oxygen atoms in total. The van der Waals surface area contributed by atoms with Crippen LogP contribution in [0.25, 0.3) is 11.3 Å². The lowest BCUT2D eigenvalue weighted by Gasteiger charge is -2.36. The van der Waals surface area contributed by atoms with Crippen LogP contribution in [0.3, 0.4) is 0 Å². The zero-order chi connectivity index (χ0) is 20.5. The first-order valence-electron chi connectivity index (χ1n) is 9.01. The van der Waals surface area contributed by atoms with Gasteiger partial charge in [0, 0.05) is 24.2 Å². The number of aryl methyl sites for hydroxylation is 1. The Morgan fingerprint density at radius 2 is 1.96 bits per heavy atom. The van der Waals surface area contributed by atoms with Crippen molar-refractivity contribution in [1.82, 2.24) is 15.1 Å². The molecule has 0 radical (unpaired) electrons. The molecule has 1 aliphatic heterocycles. The van der Waals surface area contributed by atoms with E-state index in [1.54, 1.807) is 13.0 Å². The number of halogens is 3. The number of aromatic hydroxyl groups is 1. The molecule has 0 unspecified atom stereocenters. The molecule has 2 heterocycles. The van der Waals surface area contributed by atoms with Crippen LogP contribution in [0.5, 0.6) is 5.75 Å². The number of anilines is 1. The molecule has 1 aliphatic rings. The molecule has 2 atom stereocenters. The van der Waals surface area contributed by atoms with Gasteiger partial charge in [-0.1, -0.05) is 0 Å². The van der Waals surface area contributed by atoms with Crippen molar-refractivity contribution in [3.63, 3.8) is 0 Å². The second kappa shape index (κ2) is 7.92. The molecule has 1 saturated heterocycles. The standard InChI is InChI=1S/C19H23F3N4O2/c1-11-7-17(23-13-4-5-14(10-27)26(2)9-13)24-25-18(11)15-6-3-12(8-16(15)28)19(20,21)22/h3,6-8,13-14,27-28H,4-5,9-10H2,1-2H3,(H,23,24)/t13-,14+/m1/s1. The van der Waals surface area contributed by atoms with Crippen LogP contribution in [-0.4, -0.2) is 57.6 Å². The van der Waals surface area contributed by atoms with E-state index in [1.807, 2.05) is 7.05 Å². The minimum atomic E-state index is -4.52. The third-order valence-electron chi connectivity index (χ3n) is 5.11. The molecule has 0 amide bonds. The summed E-state index contributed by atoms with van der Waals surface area (Å²) in [4.78, 5) is 2.09. The number of likely N-dealkylation sites (N-methyl/N-ethyl adjacent to an activating group) is 1. The maximum absolute atomic E-state index is 12.8. The van der Waals surface area contributed by atoms with Crippen LogP contribution in [0.2, 0.25) is 0 Å². The van der Waals surface area contributed by atoms with Crippen LogP contribution in [-0.2, 0) is 6.18 Å². The lowest BCUT2D eigenvalue weighted by Crippen LogP contribution is -2.47. The third-order valence-corrected chi connectivity index (χ3v) is 5.11. The Hall–Kier alpha value is -2.39. The van der Waals surface area contributed by atoms with Crippen molar-refractivity contribution < 1.29 is 23.4 Å². The van der Waals surface area contributed by atoms with Crippen LogP contribution in [0.4, 0.5) is 19.0 Å². The normalized spacial score (nSPS) is 20.9. The van der Waals surface area contributed by atoms with E-state index in [2.05, 4.69) is 20.4 Å². The average Bonchev–Trinajstić information content (AvgIpc) is 2.62. The number of benzene rings is 1. The molecule has 0 spiro atoms. The minimum absolute atomic E-state index is 0.132. The van der Waals surface area contributed by atoms with Crippen LogP contribution in [0.1, 0.15) is 24.0 Å². The van der Waals surface area contributed by atoms with E-state index in [0.717, 1.165) is 25.5 Å². The molecule has 0 bridgehead atoms. The summed E-state index contributed by atoms with van der Waals surface area (Å²) in [6, 6.07) is 4.89. The van der Waals surface area contributed by atoms with Gasteiger partial charge in [0.05, 0.1) is 17.9 Å². The molecule has 0 saturated carbocycles. The first-order chi connectivity index (χ1) is 13.2. The van der Waals surface area contributed by atoms with E-state index in [4.69, 9.17) is 0 Å². The van der Waals surface area contributed by atoms with Crippen molar-refractivity contribution in [3.05, 3.63) is 35.4 Å². The largest absolute Gasteiger partial charge is 0.507 e. The Morgan fingerprint density at radius 3 is 2.54 bits per heavy atom. The van der Waals surface area contributed by atoms with Gasteiger partial charge in [0.1, 0.15) is 11.6 Å². The summed E-state index contributed by atoms with van der Waals surface area (Å²) in [5.74, 6) is 0.0744. The Kier molecular flexibility index (Phi) is 5.76. The molecule has 28 heavy (non-hydrogen) atoms. The number of rotatable bonds is 4. The fourth-order valence-corrected chi connectivity index (χ4v) is 3.49. The van der Waals surface area contributed by atoms with E-state index in [1.165, 1.54) is 6.07 Å². The molecule has 152 valence electrons. The van der Waals surface area contributed by atoms with Crippen molar-refractivity contribution >= 4 is 5.82 Å². The summed E-state index contributed by atoms with van der Waals surface area (Å²) in [6.07, 6.45) is -2.76. The number of hydrogen-bond acceptors (Lipinski definition) is 6. The first kappa shape index (κ1) is 20.3. The average molecular weight is 396 g/mol. The zero-order valence-corrected chi connectivity index (χ0v) is 15.7. The lowest BCUT2D eigenvalue weighted by molar-refractivity contribution is -0.137. The lowest BCUT2D eigenvalue weighted by atomic mass is 9.99. The summed E-state index contributed by atoms with van der Waals surface area (Å²) >= 11 is 0. The van der Waals surface area contributed by atoms with Gasteiger partial charge in [0.25, 0.3) is 0 Å². The van der Waals surface area contributed by atoms with Crippen molar-refractivity contribution in [2.45, 2.75) is 38.0 Å². The van der Waals surface area contributed by atoms with Crippen molar-refractivity contribution in [2.75, 3.05) is 25.5 Å². The molecule has 3 rings (SSSR count). The van der Waals surface area contributed by atoms with Crippen molar-refractivity contribution in [3.8, 4) is 17.0 Å². The summed E-state index contributed by atoms with van der Waals surface area (Å²) < 4.78 is 38.3. The third kappa shape index (κ3) is 4.36. The number of nitrogens with zero attached hydrogens (tertiary/aromatic N) is 3. The highest BCUT2D eigenvalue weighted by atomic mass is 19.4. The van der Waals surface area contributed by atoms with Gasteiger partial charge in [-0.2, -0.15) is 13.2 Å². The van der Waals surface area contributed by atoms with Crippen LogP contribution in [0, 0.1) is 6.92 Å². The second-order valence-electron chi connectivity index (χ2n) is 7.19. The molecule has 0 aliphatic carbocycles. The number of alkyl halides is 3. The number of piperidine rings is 1. The van der Waals surface area contributed by atoms with Crippen LogP contribution < -0.4 is 5.32 Å². The monoisotopic (exact) mass is 396 g/mol. The quantitative estimate of drug-likeness (QED) is 0.737. The van der Waals surface area contributed by atoms with E-state index in [-0.39, 0.29) is 24.3 Å². The zero-order valence-electron chi connectivity index (χ0n) is 15.7. The topological polar surface area (TPSA) is 81.5 Å². The number of nitrogens with one attached hydrogen (secondary N) is 1. The Morgan fingerprint density at radius 1 is 1.21 bits per heavy atom. The van der Waals surface area contributed by atoms with Crippen LogP contribution in [0.15, 0.2) is 24.3 Å². The van der Waals surface area contributed by atoms with Gasteiger partial charge in [0.2, 0.25) is 0 Å². The smallest absolute Gasteiger partial charge is 0.416 e. The Bertz CT molecular complexity index is 844. The predicted octanol–water partition coefficient (Wildman–Crippen LogP) is 3.04. The molecule has 2 aromatic rings. The van der Waals surface area contributed by atoms with E-state index in [9.17, 15) is 23.4 Å². The summed E-state index contributed by atoms with van der Waals surface area (Å²) in [7, 11) is 1.96. The SMILES string of the molecule is Cc1cc(N[C@@H]2CC[C@@H](CO)N(C)C2)nnc1-c1ccc(C(F)(F)F)cc1O. The van der Waals surface area contributed by atoms with Crippen molar-refractivity contribution in [1.29, 1.82) is 0 Å². The summed E-state index contributed by atoms with van der Waals surface area (Å²) in [5, 5.41) is 30.9. The van der Waals surface area contributed by atoms with Gasteiger partial charge in [-0.3, -0.25) is 4.90 Å². The summed E-state index contributed by atoms with van der Waals surface area (Å²) in [6.45, 7) is 2.65. The highest BCUT2D eigenvalue weighted by molar-refractivity contribution is 5.70. The molecular formula is C19H23F3N4O2. The van der Waals surface area contributed by atoms with Gasteiger partial charge < -0.3 is 15.5 Å². The minimum Gasteiger partial charge on any atom is -0.507 e. The van der Waals surface area contributed by atoms with Gasteiger partial charge >= 0.3 is 6.18 Å². The van der Waals surface area contributed by atoms with Crippen molar-refractivity contribution in [2.24, 2.45) is 0 Å². The summed E-state index contributed by atoms with van der Waals surface area (Å²) in [5.41, 5.74) is 0.302. The molecule has 1 fully saturated rings. The van der Waals surface area contributed by atoms with Crippen LogP contribution >= 0.6 is 0 Å². The maximum Gasteiger partial charge on any atom is 0.416 e. The highest BCUT2D eigenvalue weighted by Crippen LogP contribution is 2.36. The number of likely N-dealkylation sites (tertiary alicyclic amines) is 1. The van der Waals surface area contributed by atoms with Gasteiger partial charge in [0.15, 0.2) is 0 Å². The molecular weight excluding hydrogens is 373 g/mol. The number of aromatic nitrogens is 2. The number of hydrogen-bond donors (Lipinski definition) is 3.